The summed E-state index contributed by atoms with van der Waals surface area (Å²) in [5, 5.41) is 8.70. The molecule has 0 aromatic carbocycles. The zero-order valence-corrected chi connectivity index (χ0v) is 8.04. The van der Waals surface area contributed by atoms with E-state index in [9.17, 15) is 0 Å². The van der Waals surface area contributed by atoms with Crippen molar-refractivity contribution in [1.82, 2.24) is 0 Å². The van der Waals surface area contributed by atoms with Crippen LogP contribution in [0.25, 0.3) is 0 Å². The molecule has 72 valence electrons. The molecule has 3 heteroatoms. The van der Waals surface area contributed by atoms with Crippen molar-refractivity contribution >= 4 is 0 Å². The molecule has 0 aromatic rings. The van der Waals surface area contributed by atoms with Gasteiger partial charge in [0.2, 0.25) is 0 Å². The average molecular weight is 174 g/mol. The standard InChI is InChI=1S/C9H18O3/c1-7(2)9(3)11-6-8(12-9)4-5-10/h7-8,10H,4-6H2,1-3H3. The van der Waals surface area contributed by atoms with E-state index >= 15 is 0 Å². The third-order valence-electron chi connectivity index (χ3n) is 2.46. The quantitative estimate of drug-likeness (QED) is 0.697. The number of aliphatic hydroxyl groups excluding tert-OH is 1. The molecule has 0 bridgehead atoms. The van der Waals surface area contributed by atoms with E-state index in [1.54, 1.807) is 0 Å². The van der Waals surface area contributed by atoms with E-state index in [1.165, 1.54) is 0 Å². The van der Waals surface area contributed by atoms with Gasteiger partial charge in [-0.2, -0.15) is 0 Å². The van der Waals surface area contributed by atoms with Gasteiger partial charge < -0.3 is 14.6 Å². The Morgan fingerprint density at radius 1 is 1.58 bits per heavy atom. The molecule has 3 nitrogen and oxygen atoms in total. The number of hydrogen-bond donors (Lipinski definition) is 1. The minimum Gasteiger partial charge on any atom is -0.396 e. The van der Waals surface area contributed by atoms with E-state index in [0.29, 0.717) is 18.9 Å². The Bertz CT molecular complexity index is 147. The highest BCUT2D eigenvalue weighted by atomic mass is 16.7. The lowest BCUT2D eigenvalue weighted by atomic mass is 10.1. The van der Waals surface area contributed by atoms with Crippen LogP contribution in [0.3, 0.4) is 0 Å². The molecule has 2 unspecified atom stereocenters. The molecule has 1 heterocycles. The lowest BCUT2D eigenvalue weighted by molar-refractivity contribution is -0.184. The number of rotatable bonds is 3. The van der Waals surface area contributed by atoms with Crippen LogP contribution in [0.4, 0.5) is 0 Å². The zero-order valence-electron chi connectivity index (χ0n) is 8.04. The fraction of sp³-hybridized carbons (Fsp3) is 1.00. The van der Waals surface area contributed by atoms with Gasteiger partial charge >= 0.3 is 0 Å². The first-order valence-electron chi connectivity index (χ1n) is 4.51. The van der Waals surface area contributed by atoms with Crippen LogP contribution in [0.15, 0.2) is 0 Å². The molecule has 0 amide bonds. The van der Waals surface area contributed by atoms with E-state index in [-0.39, 0.29) is 12.7 Å². The fourth-order valence-corrected chi connectivity index (χ4v) is 1.25. The minimum atomic E-state index is -0.445. The normalized spacial score (nSPS) is 36.2. The summed E-state index contributed by atoms with van der Waals surface area (Å²) in [6, 6.07) is 0. The van der Waals surface area contributed by atoms with Crippen LogP contribution >= 0.6 is 0 Å². The van der Waals surface area contributed by atoms with Gasteiger partial charge in [-0.25, -0.2) is 0 Å². The molecule has 1 aliphatic heterocycles. The Morgan fingerprint density at radius 3 is 2.67 bits per heavy atom. The molecule has 0 aromatic heterocycles. The van der Waals surface area contributed by atoms with Crippen molar-refractivity contribution < 1.29 is 14.6 Å². The Hall–Kier alpha value is -0.120. The molecule has 1 saturated heterocycles. The predicted molar refractivity (Wildman–Crippen MR) is 45.8 cm³/mol. The van der Waals surface area contributed by atoms with E-state index < -0.39 is 5.79 Å². The Kier molecular flexibility index (Phi) is 3.09. The first-order chi connectivity index (χ1) is 5.58. The summed E-state index contributed by atoms with van der Waals surface area (Å²) in [7, 11) is 0. The van der Waals surface area contributed by atoms with E-state index in [1.807, 2.05) is 6.92 Å². The van der Waals surface area contributed by atoms with Crippen LogP contribution in [0.2, 0.25) is 0 Å². The third kappa shape index (κ3) is 1.97. The van der Waals surface area contributed by atoms with Gasteiger partial charge in [0.05, 0.1) is 12.7 Å². The van der Waals surface area contributed by atoms with Gasteiger partial charge in [0, 0.05) is 12.5 Å². The van der Waals surface area contributed by atoms with Gasteiger partial charge in [0.25, 0.3) is 0 Å². The van der Waals surface area contributed by atoms with Crippen LogP contribution in [-0.4, -0.2) is 30.2 Å². The van der Waals surface area contributed by atoms with Crippen LogP contribution in [0, 0.1) is 5.92 Å². The lowest BCUT2D eigenvalue weighted by Gasteiger charge is -2.27. The molecule has 0 aliphatic carbocycles. The Balaban J connectivity index is 2.43. The number of ether oxygens (including phenoxy) is 2. The molecule has 1 fully saturated rings. The monoisotopic (exact) mass is 174 g/mol. The van der Waals surface area contributed by atoms with Crippen molar-refractivity contribution in [3.63, 3.8) is 0 Å². The third-order valence-corrected chi connectivity index (χ3v) is 2.46. The van der Waals surface area contributed by atoms with Crippen molar-refractivity contribution in [3.8, 4) is 0 Å². The van der Waals surface area contributed by atoms with Crippen LogP contribution in [-0.2, 0) is 9.47 Å². The van der Waals surface area contributed by atoms with Crippen molar-refractivity contribution in [2.75, 3.05) is 13.2 Å². The maximum Gasteiger partial charge on any atom is 0.168 e. The molecule has 2 atom stereocenters. The molecule has 0 spiro atoms. The molecule has 1 rings (SSSR count). The molecule has 0 radical (unpaired) electrons. The van der Waals surface area contributed by atoms with Crippen LogP contribution < -0.4 is 0 Å². The van der Waals surface area contributed by atoms with Crippen LogP contribution in [0.5, 0.6) is 0 Å². The summed E-state index contributed by atoms with van der Waals surface area (Å²) < 4.78 is 11.2. The lowest BCUT2D eigenvalue weighted by Crippen LogP contribution is -2.33. The van der Waals surface area contributed by atoms with Crippen molar-refractivity contribution in [3.05, 3.63) is 0 Å². The van der Waals surface area contributed by atoms with E-state index in [0.717, 1.165) is 0 Å². The fourth-order valence-electron chi connectivity index (χ4n) is 1.25. The first-order valence-corrected chi connectivity index (χ1v) is 4.51. The van der Waals surface area contributed by atoms with E-state index in [4.69, 9.17) is 14.6 Å². The van der Waals surface area contributed by atoms with Gasteiger partial charge in [-0.1, -0.05) is 13.8 Å². The summed E-state index contributed by atoms with van der Waals surface area (Å²) in [6.45, 7) is 6.87. The number of aliphatic hydroxyl groups is 1. The van der Waals surface area contributed by atoms with Gasteiger partial charge in [-0.15, -0.1) is 0 Å². The van der Waals surface area contributed by atoms with Gasteiger partial charge in [-0.05, 0) is 13.3 Å². The summed E-state index contributed by atoms with van der Waals surface area (Å²) in [5.41, 5.74) is 0. The smallest absolute Gasteiger partial charge is 0.168 e. The summed E-state index contributed by atoms with van der Waals surface area (Å²) in [6.07, 6.45) is 0.741. The second-order valence-electron chi connectivity index (χ2n) is 3.73. The zero-order chi connectivity index (χ0) is 9.19. The molecular formula is C9H18O3. The number of hydrogen-bond acceptors (Lipinski definition) is 3. The van der Waals surface area contributed by atoms with Crippen LogP contribution in [0.1, 0.15) is 27.2 Å². The van der Waals surface area contributed by atoms with Crippen molar-refractivity contribution in [2.24, 2.45) is 5.92 Å². The summed E-state index contributed by atoms with van der Waals surface area (Å²) >= 11 is 0. The molecule has 1 N–H and O–H groups in total. The van der Waals surface area contributed by atoms with Crippen molar-refractivity contribution in [1.29, 1.82) is 0 Å². The summed E-state index contributed by atoms with van der Waals surface area (Å²) in [5.74, 6) is -0.0963. The SMILES string of the molecule is CC(C)C1(C)OCC(CCO)O1. The van der Waals surface area contributed by atoms with Gasteiger partial charge in [0.1, 0.15) is 0 Å². The highest BCUT2D eigenvalue weighted by molar-refractivity contribution is 4.77. The predicted octanol–water partition coefficient (Wildman–Crippen LogP) is 1.16. The maximum absolute atomic E-state index is 8.70. The second kappa shape index (κ2) is 3.73. The topological polar surface area (TPSA) is 38.7 Å². The molecule has 0 saturated carbocycles. The molecule has 1 aliphatic rings. The average Bonchev–Trinajstić information content (AvgIpc) is 2.34. The Morgan fingerprint density at radius 2 is 2.25 bits per heavy atom. The molecule has 12 heavy (non-hydrogen) atoms. The highest BCUT2D eigenvalue weighted by Gasteiger charge is 2.39. The largest absolute Gasteiger partial charge is 0.396 e. The molecular weight excluding hydrogens is 156 g/mol. The summed E-state index contributed by atoms with van der Waals surface area (Å²) in [4.78, 5) is 0. The minimum absolute atomic E-state index is 0.0717. The Labute approximate surface area is 73.7 Å². The van der Waals surface area contributed by atoms with Gasteiger partial charge in [0.15, 0.2) is 5.79 Å². The van der Waals surface area contributed by atoms with E-state index in [2.05, 4.69) is 13.8 Å². The maximum atomic E-state index is 8.70. The van der Waals surface area contributed by atoms with Gasteiger partial charge in [-0.3, -0.25) is 0 Å². The highest BCUT2D eigenvalue weighted by Crippen LogP contribution is 2.31. The first kappa shape index (κ1) is 9.96. The second-order valence-corrected chi connectivity index (χ2v) is 3.73. The van der Waals surface area contributed by atoms with Crippen molar-refractivity contribution in [2.45, 2.75) is 39.1 Å².